The van der Waals surface area contributed by atoms with E-state index in [0.717, 1.165) is 30.7 Å². The number of hydrogen-bond donors (Lipinski definition) is 4. The minimum absolute atomic E-state index is 0.257. The first-order chi connectivity index (χ1) is 13.4. The van der Waals surface area contributed by atoms with Crippen molar-refractivity contribution in [3.63, 3.8) is 0 Å². The summed E-state index contributed by atoms with van der Waals surface area (Å²) >= 11 is 6.34. The van der Waals surface area contributed by atoms with Gasteiger partial charge < -0.3 is 20.9 Å². The number of unbranched alkanes of at least 4 members (excludes halogenated alkanes) is 1. The fraction of sp³-hybridized carbons (Fsp3) is 0.350. The largest absolute Gasteiger partial charge is 0.343 e. The first-order valence-corrected chi connectivity index (χ1v) is 9.68. The first-order valence-electron chi connectivity index (χ1n) is 9.30. The third kappa shape index (κ3) is 4.20. The lowest BCUT2D eigenvalue weighted by Gasteiger charge is -2.28. The molecule has 3 rings (SSSR count). The van der Waals surface area contributed by atoms with E-state index in [0.29, 0.717) is 22.7 Å². The van der Waals surface area contributed by atoms with Gasteiger partial charge in [-0.3, -0.25) is 4.79 Å². The number of nitrogens with one attached hydrogen (secondary N) is 4. The summed E-state index contributed by atoms with van der Waals surface area (Å²) in [5, 5.41) is 8.62. The van der Waals surface area contributed by atoms with Gasteiger partial charge in [0.15, 0.2) is 5.15 Å². The fourth-order valence-corrected chi connectivity index (χ4v) is 3.44. The van der Waals surface area contributed by atoms with Crippen molar-refractivity contribution in [2.24, 2.45) is 0 Å². The number of para-hydroxylation sites is 1. The summed E-state index contributed by atoms with van der Waals surface area (Å²) < 4.78 is 0. The van der Waals surface area contributed by atoms with E-state index in [1.807, 2.05) is 31.2 Å². The molecule has 2 heterocycles. The zero-order chi connectivity index (χ0) is 20.3. The highest BCUT2D eigenvalue weighted by atomic mass is 35.5. The van der Waals surface area contributed by atoms with E-state index < -0.39 is 12.1 Å². The van der Waals surface area contributed by atoms with E-state index in [1.165, 1.54) is 0 Å². The summed E-state index contributed by atoms with van der Waals surface area (Å²) in [6, 6.07) is 6.40. The Morgan fingerprint density at radius 3 is 2.75 bits per heavy atom. The quantitative estimate of drug-likeness (QED) is 0.589. The molecule has 1 aliphatic rings. The van der Waals surface area contributed by atoms with Crippen LogP contribution in [0.3, 0.4) is 0 Å². The van der Waals surface area contributed by atoms with Crippen LogP contribution in [-0.2, 0) is 11.2 Å². The van der Waals surface area contributed by atoms with Gasteiger partial charge in [-0.1, -0.05) is 43.1 Å². The van der Waals surface area contributed by atoms with Gasteiger partial charge in [0.25, 0.3) is 5.91 Å². The number of hydrogen-bond acceptors (Lipinski definition) is 3. The van der Waals surface area contributed by atoms with Gasteiger partial charge in [-0.25, -0.2) is 9.78 Å². The predicted octanol–water partition coefficient (Wildman–Crippen LogP) is 3.98. The van der Waals surface area contributed by atoms with Gasteiger partial charge in [-0.15, -0.1) is 0 Å². The molecular weight excluding hydrogens is 378 g/mol. The van der Waals surface area contributed by atoms with Crippen molar-refractivity contribution in [1.29, 1.82) is 0 Å². The number of allylic oxidation sites excluding steroid dienone is 1. The highest BCUT2D eigenvalue weighted by Crippen LogP contribution is 2.31. The number of H-pyrrole nitrogens is 1. The predicted molar refractivity (Wildman–Crippen MR) is 109 cm³/mol. The van der Waals surface area contributed by atoms with Crippen molar-refractivity contribution in [2.75, 3.05) is 5.32 Å². The third-order valence-corrected chi connectivity index (χ3v) is 4.99. The van der Waals surface area contributed by atoms with Crippen LogP contribution < -0.4 is 16.0 Å². The lowest BCUT2D eigenvalue weighted by molar-refractivity contribution is -0.113. The summed E-state index contributed by atoms with van der Waals surface area (Å²) in [6.45, 7) is 5.71. The maximum atomic E-state index is 13.1. The molecule has 1 aliphatic heterocycles. The smallest absolute Gasteiger partial charge is 0.319 e. The third-order valence-electron chi connectivity index (χ3n) is 4.70. The molecule has 3 amide bonds. The van der Waals surface area contributed by atoms with Gasteiger partial charge in [0.05, 0.1) is 11.3 Å². The number of urea groups is 1. The van der Waals surface area contributed by atoms with Gasteiger partial charge in [-0.2, -0.15) is 0 Å². The molecule has 2 aromatic rings. The Labute approximate surface area is 169 Å². The van der Waals surface area contributed by atoms with E-state index in [1.54, 1.807) is 6.92 Å². The summed E-state index contributed by atoms with van der Waals surface area (Å²) in [7, 11) is 0. The molecule has 8 heteroatoms. The number of imidazole rings is 1. The van der Waals surface area contributed by atoms with Crippen LogP contribution in [-0.4, -0.2) is 21.9 Å². The molecule has 0 bridgehead atoms. The Morgan fingerprint density at radius 1 is 1.29 bits per heavy atom. The average molecular weight is 402 g/mol. The van der Waals surface area contributed by atoms with Crippen molar-refractivity contribution >= 4 is 29.2 Å². The van der Waals surface area contributed by atoms with Crippen molar-refractivity contribution in [3.05, 3.63) is 57.8 Å². The highest BCUT2D eigenvalue weighted by Gasteiger charge is 2.34. The number of aromatic nitrogens is 2. The maximum Gasteiger partial charge on any atom is 0.319 e. The van der Waals surface area contributed by atoms with E-state index in [2.05, 4.69) is 32.8 Å². The Balaban J connectivity index is 1.94. The first kappa shape index (κ1) is 19.9. The van der Waals surface area contributed by atoms with Crippen LogP contribution in [0.1, 0.15) is 49.8 Å². The SMILES string of the molecule is CCCCc1nc(Cl)c(C2NC(=O)NC(C)=C2C(=O)Nc2ccccc2C)[nH]1. The molecule has 1 aromatic carbocycles. The Hall–Kier alpha value is -2.80. The number of aromatic amines is 1. The molecular formula is C20H24ClN5O2. The second-order valence-corrected chi connectivity index (χ2v) is 7.19. The van der Waals surface area contributed by atoms with E-state index >= 15 is 0 Å². The lowest BCUT2D eigenvalue weighted by Crippen LogP contribution is -2.46. The zero-order valence-electron chi connectivity index (χ0n) is 16.1. The van der Waals surface area contributed by atoms with Crippen LogP contribution in [0.15, 0.2) is 35.5 Å². The van der Waals surface area contributed by atoms with Crippen molar-refractivity contribution in [2.45, 2.75) is 46.1 Å². The van der Waals surface area contributed by atoms with Crippen LogP contribution in [0, 0.1) is 6.92 Å². The van der Waals surface area contributed by atoms with E-state index in [-0.39, 0.29) is 11.1 Å². The Bertz CT molecular complexity index is 934. The minimum Gasteiger partial charge on any atom is -0.343 e. The van der Waals surface area contributed by atoms with Crippen molar-refractivity contribution in [3.8, 4) is 0 Å². The van der Waals surface area contributed by atoms with Crippen LogP contribution in [0.2, 0.25) is 5.15 Å². The van der Waals surface area contributed by atoms with Crippen LogP contribution in [0.5, 0.6) is 0 Å². The number of anilines is 1. The summed E-state index contributed by atoms with van der Waals surface area (Å²) in [5.41, 5.74) is 3.02. The molecule has 0 saturated carbocycles. The van der Waals surface area contributed by atoms with Crippen LogP contribution in [0.4, 0.5) is 10.5 Å². The van der Waals surface area contributed by atoms with Gasteiger partial charge in [0.2, 0.25) is 0 Å². The van der Waals surface area contributed by atoms with Crippen molar-refractivity contribution in [1.82, 2.24) is 20.6 Å². The molecule has 1 atom stereocenters. The van der Waals surface area contributed by atoms with Gasteiger partial charge >= 0.3 is 6.03 Å². The molecule has 148 valence electrons. The normalized spacial score (nSPS) is 16.6. The standard InChI is InChI=1S/C20H24ClN5O2/c1-4-5-10-14-24-17(18(21)25-14)16-15(12(3)22-20(28)26-16)19(27)23-13-9-7-6-8-11(13)2/h6-9,16H,4-5,10H2,1-3H3,(H,23,27)(H,24,25)(H2,22,26,28). The number of carbonyl (C=O) groups excluding carboxylic acids is 2. The van der Waals surface area contributed by atoms with Crippen LogP contribution in [0.25, 0.3) is 0 Å². The van der Waals surface area contributed by atoms with E-state index in [9.17, 15) is 9.59 Å². The van der Waals surface area contributed by atoms with Crippen molar-refractivity contribution < 1.29 is 9.59 Å². The molecule has 4 N–H and O–H groups in total. The maximum absolute atomic E-state index is 13.1. The molecule has 28 heavy (non-hydrogen) atoms. The number of carbonyl (C=O) groups is 2. The number of benzene rings is 1. The molecule has 0 fully saturated rings. The Morgan fingerprint density at radius 2 is 2.04 bits per heavy atom. The number of halogens is 1. The van der Waals surface area contributed by atoms with E-state index in [4.69, 9.17) is 11.6 Å². The monoisotopic (exact) mass is 401 g/mol. The summed E-state index contributed by atoms with van der Waals surface area (Å²) in [5.74, 6) is 0.427. The van der Waals surface area contributed by atoms with Gasteiger partial charge in [-0.05, 0) is 31.9 Å². The number of amides is 3. The summed E-state index contributed by atoms with van der Waals surface area (Å²) in [6.07, 6.45) is 2.75. The second-order valence-electron chi connectivity index (χ2n) is 6.83. The number of nitrogens with zero attached hydrogens (tertiary/aromatic N) is 1. The highest BCUT2D eigenvalue weighted by molar-refractivity contribution is 6.30. The second kappa shape index (κ2) is 8.48. The molecule has 0 aliphatic carbocycles. The zero-order valence-corrected chi connectivity index (χ0v) is 16.9. The molecule has 1 unspecified atom stereocenters. The number of rotatable bonds is 6. The lowest BCUT2D eigenvalue weighted by atomic mass is 9.99. The minimum atomic E-state index is -0.715. The molecule has 0 spiro atoms. The molecule has 0 saturated heterocycles. The van der Waals surface area contributed by atoms with Gasteiger partial charge in [0.1, 0.15) is 11.9 Å². The van der Waals surface area contributed by atoms with Gasteiger partial charge in [0, 0.05) is 17.8 Å². The molecule has 1 aromatic heterocycles. The summed E-state index contributed by atoms with van der Waals surface area (Å²) in [4.78, 5) is 32.7. The molecule has 7 nitrogen and oxygen atoms in total. The topological polar surface area (TPSA) is 98.9 Å². The average Bonchev–Trinajstić information content (AvgIpc) is 3.01. The number of aryl methyl sites for hydroxylation is 2. The molecule has 0 radical (unpaired) electrons. The van der Waals surface area contributed by atoms with Crippen LogP contribution >= 0.6 is 11.6 Å². The Kier molecular flexibility index (Phi) is 6.04. The fourth-order valence-electron chi connectivity index (χ4n) is 3.18.